The summed E-state index contributed by atoms with van der Waals surface area (Å²) in [6, 6.07) is 6.76. The van der Waals surface area contributed by atoms with Crippen molar-refractivity contribution < 1.29 is 5.11 Å². The van der Waals surface area contributed by atoms with Crippen LogP contribution in [0.3, 0.4) is 0 Å². The van der Waals surface area contributed by atoms with Crippen molar-refractivity contribution in [3.05, 3.63) is 34.9 Å². The van der Waals surface area contributed by atoms with Crippen LogP contribution in [0.4, 0.5) is 0 Å². The Kier molecular flexibility index (Phi) is 3.39. The first-order valence-electron chi connectivity index (χ1n) is 5.69. The number of nitrogens with one attached hydrogen (secondary N) is 1. The first kappa shape index (κ1) is 10.7. The number of hydrogen-bond acceptors (Lipinski definition) is 2. The van der Waals surface area contributed by atoms with Crippen molar-refractivity contribution >= 4 is 0 Å². The van der Waals surface area contributed by atoms with Gasteiger partial charge in [-0.3, -0.25) is 0 Å². The molecule has 2 rings (SSSR count). The number of aliphatic hydroxyl groups excluding tert-OH is 1. The second-order valence-corrected chi connectivity index (χ2v) is 4.47. The quantitative estimate of drug-likeness (QED) is 0.726. The number of fused-ring (bicyclic) bond motifs is 1. The normalized spacial score (nSPS) is 19.2. The van der Waals surface area contributed by atoms with E-state index in [0.717, 1.165) is 6.54 Å². The molecule has 1 unspecified atom stereocenters. The van der Waals surface area contributed by atoms with Crippen LogP contribution in [0, 0.1) is 12.8 Å². The molecule has 1 aromatic carbocycles. The molecule has 0 spiro atoms. The molecule has 0 heterocycles. The third kappa shape index (κ3) is 2.58. The van der Waals surface area contributed by atoms with Crippen molar-refractivity contribution in [2.45, 2.75) is 19.8 Å². The van der Waals surface area contributed by atoms with Crippen LogP contribution in [0.2, 0.25) is 0 Å². The van der Waals surface area contributed by atoms with E-state index in [1.807, 2.05) is 0 Å². The zero-order chi connectivity index (χ0) is 10.7. The molecule has 0 saturated heterocycles. The molecular weight excluding hydrogens is 186 g/mol. The topological polar surface area (TPSA) is 32.3 Å². The van der Waals surface area contributed by atoms with Crippen molar-refractivity contribution in [1.82, 2.24) is 5.32 Å². The Balaban J connectivity index is 1.91. The Hall–Kier alpha value is -0.860. The second kappa shape index (κ2) is 4.77. The van der Waals surface area contributed by atoms with E-state index in [1.165, 1.54) is 29.5 Å². The minimum atomic E-state index is 0.235. The highest BCUT2D eigenvalue weighted by molar-refractivity contribution is 5.35. The third-order valence-corrected chi connectivity index (χ3v) is 3.10. The molecule has 1 atom stereocenters. The highest BCUT2D eigenvalue weighted by atomic mass is 16.3. The molecule has 0 aliphatic heterocycles. The first-order valence-corrected chi connectivity index (χ1v) is 5.69. The molecule has 1 aliphatic carbocycles. The lowest BCUT2D eigenvalue weighted by atomic mass is 10.1. The van der Waals surface area contributed by atoms with Crippen LogP contribution in [0.25, 0.3) is 0 Å². The lowest BCUT2D eigenvalue weighted by Gasteiger charge is -2.08. The van der Waals surface area contributed by atoms with Gasteiger partial charge < -0.3 is 10.4 Å². The van der Waals surface area contributed by atoms with Crippen LogP contribution < -0.4 is 5.32 Å². The van der Waals surface area contributed by atoms with Crippen LogP contribution in [-0.4, -0.2) is 24.8 Å². The van der Waals surface area contributed by atoms with Crippen LogP contribution >= 0.6 is 0 Å². The summed E-state index contributed by atoms with van der Waals surface area (Å²) in [4.78, 5) is 0. The van der Waals surface area contributed by atoms with E-state index in [0.29, 0.717) is 12.5 Å². The number of hydrogen-bond donors (Lipinski definition) is 2. The maximum atomic E-state index is 8.69. The summed E-state index contributed by atoms with van der Waals surface area (Å²) in [7, 11) is 0. The first-order chi connectivity index (χ1) is 7.29. The zero-order valence-corrected chi connectivity index (χ0v) is 9.29. The summed E-state index contributed by atoms with van der Waals surface area (Å²) in [6.07, 6.45) is 2.38. The Morgan fingerprint density at radius 1 is 1.33 bits per heavy atom. The average molecular weight is 205 g/mol. The fraction of sp³-hybridized carbons (Fsp3) is 0.538. The standard InChI is InChI=1S/C13H19NO/c1-10-2-3-12-7-11(8-13(12)6-10)9-14-4-5-15/h2-3,6,11,14-15H,4-5,7-9H2,1H3. The molecule has 0 aromatic heterocycles. The second-order valence-electron chi connectivity index (χ2n) is 4.47. The molecule has 0 bridgehead atoms. The molecule has 0 saturated carbocycles. The smallest absolute Gasteiger partial charge is 0.0555 e. The maximum Gasteiger partial charge on any atom is 0.0555 e. The molecule has 1 aliphatic rings. The summed E-state index contributed by atoms with van der Waals surface area (Å²) in [5.74, 6) is 0.716. The zero-order valence-electron chi connectivity index (χ0n) is 9.29. The van der Waals surface area contributed by atoms with E-state index in [-0.39, 0.29) is 6.61 Å². The van der Waals surface area contributed by atoms with Crippen LogP contribution in [0.5, 0.6) is 0 Å². The minimum Gasteiger partial charge on any atom is -0.395 e. The van der Waals surface area contributed by atoms with Gasteiger partial charge >= 0.3 is 0 Å². The summed E-state index contributed by atoms with van der Waals surface area (Å²) < 4.78 is 0. The summed E-state index contributed by atoms with van der Waals surface area (Å²) >= 11 is 0. The third-order valence-electron chi connectivity index (χ3n) is 3.10. The number of aryl methyl sites for hydroxylation is 1. The van der Waals surface area contributed by atoms with Gasteiger partial charge in [0, 0.05) is 6.54 Å². The monoisotopic (exact) mass is 205 g/mol. The van der Waals surface area contributed by atoms with Crippen LogP contribution in [0.1, 0.15) is 16.7 Å². The van der Waals surface area contributed by atoms with E-state index >= 15 is 0 Å². The molecule has 1 aromatic rings. The van der Waals surface area contributed by atoms with Gasteiger partial charge in [0.15, 0.2) is 0 Å². The van der Waals surface area contributed by atoms with Crippen LogP contribution in [-0.2, 0) is 12.8 Å². The van der Waals surface area contributed by atoms with E-state index in [9.17, 15) is 0 Å². The van der Waals surface area contributed by atoms with Crippen LogP contribution in [0.15, 0.2) is 18.2 Å². The van der Waals surface area contributed by atoms with Gasteiger partial charge in [-0.1, -0.05) is 23.8 Å². The lowest BCUT2D eigenvalue weighted by Crippen LogP contribution is -2.25. The van der Waals surface area contributed by atoms with Crippen molar-refractivity contribution in [2.75, 3.05) is 19.7 Å². The van der Waals surface area contributed by atoms with Crippen molar-refractivity contribution in [1.29, 1.82) is 0 Å². The number of benzene rings is 1. The van der Waals surface area contributed by atoms with Gasteiger partial charge in [-0.05, 0) is 43.4 Å². The predicted molar refractivity (Wildman–Crippen MR) is 62.0 cm³/mol. The van der Waals surface area contributed by atoms with Gasteiger partial charge in [0.2, 0.25) is 0 Å². The lowest BCUT2D eigenvalue weighted by molar-refractivity contribution is 0.288. The largest absolute Gasteiger partial charge is 0.395 e. The Morgan fingerprint density at radius 3 is 2.93 bits per heavy atom. The van der Waals surface area contributed by atoms with Gasteiger partial charge in [0.1, 0.15) is 0 Å². The summed E-state index contributed by atoms with van der Waals surface area (Å²) in [5, 5.41) is 12.0. The molecule has 2 nitrogen and oxygen atoms in total. The van der Waals surface area contributed by atoms with E-state index in [4.69, 9.17) is 5.11 Å². The van der Waals surface area contributed by atoms with Gasteiger partial charge in [-0.15, -0.1) is 0 Å². The van der Waals surface area contributed by atoms with Crippen molar-refractivity contribution in [3.8, 4) is 0 Å². The van der Waals surface area contributed by atoms with E-state index in [1.54, 1.807) is 0 Å². The van der Waals surface area contributed by atoms with Gasteiger partial charge in [-0.2, -0.15) is 0 Å². The Morgan fingerprint density at radius 2 is 2.13 bits per heavy atom. The number of aliphatic hydroxyl groups is 1. The minimum absolute atomic E-state index is 0.235. The highest BCUT2D eigenvalue weighted by Crippen LogP contribution is 2.26. The molecule has 0 fully saturated rings. The Bertz CT molecular complexity index is 335. The van der Waals surface area contributed by atoms with Crippen molar-refractivity contribution in [2.24, 2.45) is 5.92 Å². The fourth-order valence-corrected chi connectivity index (χ4v) is 2.37. The summed E-state index contributed by atoms with van der Waals surface area (Å²) in [5.41, 5.74) is 4.39. The molecule has 15 heavy (non-hydrogen) atoms. The molecule has 0 amide bonds. The molecule has 2 heteroatoms. The highest BCUT2D eigenvalue weighted by Gasteiger charge is 2.20. The number of rotatable bonds is 4. The predicted octanol–water partition coefficient (Wildman–Crippen LogP) is 1.29. The SMILES string of the molecule is Cc1ccc2c(c1)CC(CNCCO)C2. The average Bonchev–Trinajstić information content (AvgIpc) is 2.60. The fourth-order valence-electron chi connectivity index (χ4n) is 2.37. The van der Waals surface area contributed by atoms with Crippen molar-refractivity contribution in [3.63, 3.8) is 0 Å². The summed E-state index contributed by atoms with van der Waals surface area (Å²) in [6.45, 7) is 4.12. The Labute approximate surface area is 91.3 Å². The molecular formula is C13H19NO. The van der Waals surface area contributed by atoms with Gasteiger partial charge in [-0.25, -0.2) is 0 Å². The molecule has 82 valence electrons. The molecule has 2 N–H and O–H groups in total. The van der Waals surface area contributed by atoms with E-state index < -0.39 is 0 Å². The van der Waals surface area contributed by atoms with Gasteiger partial charge in [0.05, 0.1) is 6.61 Å². The van der Waals surface area contributed by atoms with E-state index in [2.05, 4.69) is 30.4 Å². The molecule has 0 radical (unpaired) electrons. The van der Waals surface area contributed by atoms with Gasteiger partial charge in [0.25, 0.3) is 0 Å². The maximum absolute atomic E-state index is 8.69.